The maximum atomic E-state index is 13.2. The number of fused-ring (bicyclic) bond motifs is 1. The Balaban J connectivity index is 1.60. The first-order valence-corrected chi connectivity index (χ1v) is 12.5. The number of aromatic nitrogens is 3. The van der Waals surface area contributed by atoms with Gasteiger partial charge in [0, 0.05) is 29.0 Å². The molecule has 0 amide bonds. The van der Waals surface area contributed by atoms with E-state index in [1.807, 2.05) is 0 Å². The quantitative estimate of drug-likeness (QED) is 0.280. The summed E-state index contributed by atoms with van der Waals surface area (Å²) in [5.41, 5.74) is 2.00. The minimum Gasteiger partial charge on any atom is -0.465 e. The van der Waals surface area contributed by atoms with E-state index in [2.05, 4.69) is 14.7 Å². The highest BCUT2D eigenvalue weighted by Gasteiger charge is 2.31. The molecule has 0 radical (unpaired) electrons. The number of nitrogens with one attached hydrogen (secondary N) is 1. The molecule has 194 valence electrons. The van der Waals surface area contributed by atoms with E-state index in [0.29, 0.717) is 27.9 Å². The third kappa shape index (κ3) is 4.61. The molecule has 12 heteroatoms. The Labute approximate surface area is 214 Å². The Morgan fingerprint density at radius 3 is 2.37 bits per heavy atom. The second-order valence-electron chi connectivity index (χ2n) is 8.06. The van der Waals surface area contributed by atoms with Crippen molar-refractivity contribution in [2.45, 2.75) is 11.3 Å². The third-order valence-corrected chi connectivity index (χ3v) is 7.42. The number of rotatable bonds is 6. The average molecular weight is 542 g/mol. The van der Waals surface area contributed by atoms with Crippen LogP contribution in [0.1, 0.15) is 10.4 Å². The van der Waals surface area contributed by atoms with Crippen LogP contribution in [0.3, 0.4) is 0 Å². The van der Waals surface area contributed by atoms with E-state index in [4.69, 9.17) is 4.74 Å². The molecule has 0 bridgehead atoms. The third-order valence-electron chi connectivity index (χ3n) is 5.74. The van der Waals surface area contributed by atoms with Crippen molar-refractivity contribution in [3.8, 4) is 28.3 Å². The molecule has 0 saturated carbocycles. The summed E-state index contributed by atoms with van der Waals surface area (Å²) in [5.74, 6) is -1.09. The zero-order valence-corrected chi connectivity index (χ0v) is 20.4. The Kier molecular flexibility index (Phi) is 6.19. The Bertz CT molecular complexity index is 1740. The van der Waals surface area contributed by atoms with Gasteiger partial charge in [0.25, 0.3) is 10.0 Å². The molecule has 1 N–H and O–H groups in total. The number of H-pyrrole nitrogens is 1. The summed E-state index contributed by atoms with van der Waals surface area (Å²) in [6.07, 6.45) is -2.00. The van der Waals surface area contributed by atoms with E-state index in [9.17, 15) is 26.4 Å². The van der Waals surface area contributed by atoms with Crippen molar-refractivity contribution in [3.05, 3.63) is 90.8 Å². The van der Waals surface area contributed by atoms with Gasteiger partial charge in [0.1, 0.15) is 5.75 Å². The van der Waals surface area contributed by atoms with E-state index in [0.717, 1.165) is 16.1 Å². The predicted molar refractivity (Wildman–Crippen MR) is 132 cm³/mol. The van der Waals surface area contributed by atoms with Crippen molar-refractivity contribution in [1.29, 1.82) is 0 Å². The summed E-state index contributed by atoms with van der Waals surface area (Å²) in [5, 5.41) is 0.491. The number of nitrogens with zero attached hydrogens (tertiary/aromatic N) is 2. The number of hydrogen-bond acceptors (Lipinski definition) is 6. The van der Waals surface area contributed by atoms with Crippen LogP contribution < -0.4 is 4.74 Å². The van der Waals surface area contributed by atoms with Gasteiger partial charge in [0.15, 0.2) is 5.65 Å². The first-order chi connectivity index (χ1) is 18.1. The minimum absolute atomic E-state index is 0.0952. The van der Waals surface area contributed by atoms with Crippen LogP contribution in [0.15, 0.2) is 90.1 Å². The molecule has 38 heavy (non-hydrogen) atoms. The SMILES string of the molecule is COC(=O)c1cc(-c2ccnc3c2ccn3S(=O)(=O)c2ccccc2)[nH]c1-c1ccc(OC(F)(F)F)cc1. The van der Waals surface area contributed by atoms with Crippen LogP contribution in [0, 0.1) is 0 Å². The standard InChI is InChI=1S/C26H18F3N3O5S/c1-36-25(33)21-15-22(31-23(21)16-7-9-17(10-8-16)37-26(27,28)29)19-11-13-30-24-20(19)12-14-32(24)38(34,35)18-5-3-2-4-6-18/h2-15,31H,1H3. The van der Waals surface area contributed by atoms with Gasteiger partial charge in [-0.25, -0.2) is 22.2 Å². The lowest BCUT2D eigenvalue weighted by atomic mass is 10.1. The van der Waals surface area contributed by atoms with Crippen molar-refractivity contribution in [2.24, 2.45) is 0 Å². The Morgan fingerprint density at radius 2 is 1.71 bits per heavy atom. The number of esters is 1. The van der Waals surface area contributed by atoms with E-state index in [1.54, 1.807) is 30.3 Å². The van der Waals surface area contributed by atoms with E-state index >= 15 is 0 Å². The van der Waals surface area contributed by atoms with Gasteiger partial charge < -0.3 is 14.5 Å². The number of carbonyl (C=O) groups excluding carboxylic acids is 1. The van der Waals surface area contributed by atoms with Gasteiger partial charge in [-0.05, 0) is 60.2 Å². The number of hydrogen-bond donors (Lipinski definition) is 1. The summed E-state index contributed by atoms with van der Waals surface area (Å²) in [7, 11) is -2.72. The van der Waals surface area contributed by atoms with Crippen LogP contribution in [0.5, 0.6) is 5.75 Å². The first kappa shape index (κ1) is 25.1. The molecule has 5 aromatic rings. The molecule has 5 rings (SSSR count). The highest BCUT2D eigenvalue weighted by atomic mass is 32.2. The summed E-state index contributed by atoms with van der Waals surface area (Å²) in [6, 6.07) is 17.7. The molecule has 0 aliphatic rings. The second-order valence-corrected chi connectivity index (χ2v) is 9.88. The van der Waals surface area contributed by atoms with E-state index in [1.165, 1.54) is 49.8 Å². The van der Waals surface area contributed by atoms with Gasteiger partial charge in [0.2, 0.25) is 0 Å². The highest BCUT2D eigenvalue weighted by Crippen LogP contribution is 2.35. The lowest BCUT2D eigenvalue weighted by molar-refractivity contribution is -0.274. The number of benzene rings is 2. The maximum Gasteiger partial charge on any atom is 0.573 e. The molecular formula is C26H18F3N3O5S. The van der Waals surface area contributed by atoms with Gasteiger partial charge in [-0.1, -0.05) is 18.2 Å². The smallest absolute Gasteiger partial charge is 0.465 e. The van der Waals surface area contributed by atoms with Gasteiger partial charge in [-0.15, -0.1) is 13.2 Å². The first-order valence-electron chi connectivity index (χ1n) is 11.0. The second kappa shape index (κ2) is 9.38. The maximum absolute atomic E-state index is 13.2. The molecule has 0 unspecified atom stereocenters. The fraction of sp³-hybridized carbons (Fsp3) is 0.0769. The fourth-order valence-corrected chi connectivity index (χ4v) is 5.39. The lowest BCUT2D eigenvalue weighted by Crippen LogP contribution is -2.16. The van der Waals surface area contributed by atoms with Crippen molar-refractivity contribution in [3.63, 3.8) is 0 Å². The Hall–Kier alpha value is -4.58. The van der Waals surface area contributed by atoms with Crippen molar-refractivity contribution >= 4 is 27.0 Å². The predicted octanol–water partition coefficient (Wildman–Crippen LogP) is 5.62. The summed E-state index contributed by atoms with van der Waals surface area (Å²) >= 11 is 0. The normalized spacial score (nSPS) is 12.0. The molecule has 0 atom stereocenters. The van der Waals surface area contributed by atoms with Crippen LogP contribution in [0.2, 0.25) is 0 Å². The molecule has 0 spiro atoms. The molecule has 0 fully saturated rings. The number of carbonyl (C=O) groups is 1. The van der Waals surface area contributed by atoms with Gasteiger partial charge >= 0.3 is 12.3 Å². The number of aromatic amines is 1. The van der Waals surface area contributed by atoms with Crippen molar-refractivity contribution in [1.82, 2.24) is 13.9 Å². The van der Waals surface area contributed by atoms with Crippen LogP contribution in [-0.2, 0) is 14.8 Å². The van der Waals surface area contributed by atoms with Gasteiger partial charge in [-0.2, -0.15) is 0 Å². The Morgan fingerprint density at radius 1 is 1.00 bits per heavy atom. The summed E-state index contributed by atoms with van der Waals surface area (Å²) in [4.78, 5) is 20.0. The monoisotopic (exact) mass is 541 g/mol. The molecule has 8 nitrogen and oxygen atoms in total. The average Bonchev–Trinajstić information content (AvgIpc) is 3.54. The topological polar surface area (TPSA) is 103 Å². The molecule has 0 aliphatic carbocycles. The summed E-state index contributed by atoms with van der Waals surface area (Å²) < 4.78 is 73.9. The zero-order valence-electron chi connectivity index (χ0n) is 19.6. The number of ether oxygens (including phenoxy) is 2. The molecule has 3 aromatic heterocycles. The van der Waals surface area contributed by atoms with Crippen LogP contribution in [0.25, 0.3) is 33.5 Å². The van der Waals surface area contributed by atoms with Gasteiger partial charge in [0.05, 0.1) is 23.3 Å². The number of methoxy groups -OCH3 is 1. The van der Waals surface area contributed by atoms with Crippen molar-refractivity contribution in [2.75, 3.05) is 7.11 Å². The minimum atomic E-state index is -4.84. The van der Waals surface area contributed by atoms with Crippen molar-refractivity contribution < 1.29 is 35.9 Å². The van der Waals surface area contributed by atoms with E-state index in [-0.39, 0.29) is 16.1 Å². The molecular weight excluding hydrogens is 523 g/mol. The van der Waals surface area contributed by atoms with Crippen LogP contribution in [-0.4, -0.2) is 41.8 Å². The largest absolute Gasteiger partial charge is 0.573 e. The highest BCUT2D eigenvalue weighted by molar-refractivity contribution is 7.90. The number of halogens is 3. The van der Waals surface area contributed by atoms with Crippen LogP contribution in [0.4, 0.5) is 13.2 Å². The van der Waals surface area contributed by atoms with E-state index < -0.39 is 28.1 Å². The van der Waals surface area contributed by atoms with Crippen LogP contribution >= 0.6 is 0 Å². The number of pyridine rings is 1. The molecule has 3 heterocycles. The molecule has 0 aliphatic heterocycles. The van der Waals surface area contributed by atoms with Gasteiger partial charge in [-0.3, -0.25) is 0 Å². The fourth-order valence-electron chi connectivity index (χ4n) is 4.07. The number of alkyl halides is 3. The molecule has 2 aromatic carbocycles. The zero-order chi connectivity index (χ0) is 27.1. The summed E-state index contributed by atoms with van der Waals surface area (Å²) in [6.45, 7) is 0. The lowest BCUT2D eigenvalue weighted by Gasteiger charge is -2.09. The molecule has 0 saturated heterocycles.